The molecule has 0 heterocycles. The number of benzene rings is 1. The smallest absolute Gasteiger partial charge is 0.0210 e. The Kier molecular flexibility index (Phi) is 8.45. The summed E-state index contributed by atoms with van der Waals surface area (Å²) in [5, 5.41) is 0. The van der Waals surface area contributed by atoms with E-state index in [2.05, 4.69) is 54.9 Å². The van der Waals surface area contributed by atoms with Gasteiger partial charge in [0.25, 0.3) is 0 Å². The standard InChI is InChI=1S/C18H29Br/c1-4-5-6-7-8-9-10-11-16-12-13-18(19)17(14-16)15(2)3/h12-15H,4-11H2,1-3H3. The first kappa shape index (κ1) is 16.8. The molecule has 0 aliphatic rings. The van der Waals surface area contributed by atoms with E-state index in [-0.39, 0.29) is 0 Å². The van der Waals surface area contributed by atoms with Crippen LogP contribution in [0.25, 0.3) is 0 Å². The highest BCUT2D eigenvalue weighted by atomic mass is 79.9. The van der Waals surface area contributed by atoms with Gasteiger partial charge in [-0.3, -0.25) is 0 Å². The van der Waals surface area contributed by atoms with E-state index >= 15 is 0 Å². The van der Waals surface area contributed by atoms with Crippen LogP contribution in [0.3, 0.4) is 0 Å². The molecule has 0 spiro atoms. The van der Waals surface area contributed by atoms with Crippen LogP contribution >= 0.6 is 15.9 Å². The molecule has 1 aromatic carbocycles. The van der Waals surface area contributed by atoms with Crippen molar-refractivity contribution in [3.8, 4) is 0 Å². The molecule has 19 heavy (non-hydrogen) atoms. The number of unbranched alkanes of at least 4 members (excludes halogenated alkanes) is 6. The van der Waals surface area contributed by atoms with Crippen LogP contribution in [0, 0.1) is 0 Å². The van der Waals surface area contributed by atoms with Gasteiger partial charge < -0.3 is 0 Å². The summed E-state index contributed by atoms with van der Waals surface area (Å²) >= 11 is 3.65. The summed E-state index contributed by atoms with van der Waals surface area (Å²) < 4.78 is 1.26. The molecule has 0 radical (unpaired) electrons. The van der Waals surface area contributed by atoms with Crippen molar-refractivity contribution in [2.45, 2.75) is 78.1 Å². The Morgan fingerprint density at radius 2 is 1.58 bits per heavy atom. The fraction of sp³-hybridized carbons (Fsp3) is 0.667. The summed E-state index contributed by atoms with van der Waals surface area (Å²) in [5.74, 6) is 0.600. The van der Waals surface area contributed by atoms with Gasteiger partial charge in [0.15, 0.2) is 0 Å². The number of halogens is 1. The molecule has 0 N–H and O–H groups in total. The van der Waals surface area contributed by atoms with Crippen molar-refractivity contribution < 1.29 is 0 Å². The van der Waals surface area contributed by atoms with Crippen LogP contribution in [0.1, 0.15) is 82.8 Å². The average Bonchev–Trinajstić information content (AvgIpc) is 2.39. The van der Waals surface area contributed by atoms with E-state index in [0.29, 0.717) is 5.92 Å². The average molecular weight is 325 g/mol. The molecule has 1 rings (SSSR count). The van der Waals surface area contributed by atoms with Gasteiger partial charge in [-0.15, -0.1) is 0 Å². The van der Waals surface area contributed by atoms with Crippen LogP contribution in [0.5, 0.6) is 0 Å². The Balaban J connectivity index is 2.28. The van der Waals surface area contributed by atoms with E-state index in [0.717, 1.165) is 0 Å². The Labute approximate surface area is 128 Å². The fourth-order valence-electron chi connectivity index (χ4n) is 2.48. The summed E-state index contributed by atoms with van der Waals surface area (Å²) in [6.07, 6.45) is 11.0. The van der Waals surface area contributed by atoms with Crippen LogP contribution in [-0.2, 0) is 6.42 Å². The maximum atomic E-state index is 3.65. The lowest BCUT2D eigenvalue weighted by molar-refractivity contribution is 0.589. The third-order valence-electron chi connectivity index (χ3n) is 3.75. The molecular weight excluding hydrogens is 296 g/mol. The summed E-state index contributed by atoms with van der Waals surface area (Å²) in [5.41, 5.74) is 2.95. The fourth-order valence-corrected chi connectivity index (χ4v) is 3.18. The van der Waals surface area contributed by atoms with Gasteiger partial charge in [0.05, 0.1) is 0 Å². The molecule has 0 saturated carbocycles. The Hall–Kier alpha value is -0.300. The molecule has 0 amide bonds. The van der Waals surface area contributed by atoms with E-state index in [1.54, 1.807) is 0 Å². The second-order valence-corrected chi connectivity index (χ2v) is 6.74. The second kappa shape index (κ2) is 9.58. The van der Waals surface area contributed by atoms with Gasteiger partial charge in [0.2, 0.25) is 0 Å². The van der Waals surface area contributed by atoms with Crippen LogP contribution in [-0.4, -0.2) is 0 Å². The maximum Gasteiger partial charge on any atom is 0.0210 e. The van der Waals surface area contributed by atoms with Crippen molar-refractivity contribution in [1.82, 2.24) is 0 Å². The minimum absolute atomic E-state index is 0.600. The van der Waals surface area contributed by atoms with Gasteiger partial charge in [-0.25, -0.2) is 0 Å². The first-order chi connectivity index (χ1) is 9.15. The van der Waals surface area contributed by atoms with E-state index in [9.17, 15) is 0 Å². The Morgan fingerprint density at radius 1 is 0.947 bits per heavy atom. The SMILES string of the molecule is CCCCCCCCCc1ccc(Br)c(C(C)C)c1. The topological polar surface area (TPSA) is 0 Å². The van der Waals surface area contributed by atoms with Crippen LogP contribution < -0.4 is 0 Å². The lowest BCUT2D eigenvalue weighted by atomic mass is 9.98. The molecule has 0 bridgehead atoms. The Morgan fingerprint density at radius 3 is 2.21 bits per heavy atom. The van der Waals surface area contributed by atoms with Crippen LogP contribution in [0.2, 0.25) is 0 Å². The normalized spacial score (nSPS) is 11.2. The van der Waals surface area contributed by atoms with Crippen molar-refractivity contribution in [2.75, 3.05) is 0 Å². The molecule has 1 heteroatoms. The summed E-state index contributed by atoms with van der Waals surface area (Å²) in [4.78, 5) is 0. The van der Waals surface area contributed by atoms with Gasteiger partial charge >= 0.3 is 0 Å². The molecule has 0 saturated heterocycles. The maximum absolute atomic E-state index is 3.65. The molecule has 0 unspecified atom stereocenters. The second-order valence-electron chi connectivity index (χ2n) is 5.88. The van der Waals surface area contributed by atoms with Crippen molar-refractivity contribution in [1.29, 1.82) is 0 Å². The minimum atomic E-state index is 0.600. The lowest BCUT2D eigenvalue weighted by Crippen LogP contribution is -1.93. The molecule has 0 atom stereocenters. The molecule has 1 aromatic rings. The largest absolute Gasteiger partial charge is 0.0654 e. The summed E-state index contributed by atoms with van der Waals surface area (Å²) in [7, 11) is 0. The van der Waals surface area contributed by atoms with E-state index < -0.39 is 0 Å². The molecule has 0 fully saturated rings. The molecule has 0 nitrogen and oxygen atoms in total. The van der Waals surface area contributed by atoms with Crippen molar-refractivity contribution in [3.63, 3.8) is 0 Å². The summed E-state index contributed by atoms with van der Waals surface area (Å²) in [6.45, 7) is 6.80. The molecular formula is C18H29Br. The monoisotopic (exact) mass is 324 g/mol. The quantitative estimate of drug-likeness (QED) is 0.435. The first-order valence-corrected chi connectivity index (χ1v) is 8.72. The Bertz CT molecular complexity index is 355. The third kappa shape index (κ3) is 6.61. The summed E-state index contributed by atoms with van der Waals surface area (Å²) in [6, 6.07) is 6.87. The van der Waals surface area contributed by atoms with Crippen molar-refractivity contribution in [2.24, 2.45) is 0 Å². The van der Waals surface area contributed by atoms with Crippen LogP contribution in [0.15, 0.2) is 22.7 Å². The zero-order valence-corrected chi connectivity index (χ0v) is 14.4. The van der Waals surface area contributed by atoms with Crippen LogP contribution in [0.4, 0.5) is 0 Å². The number of hydrogen-bond acceptors (Lipinski definition) is 0. The highest BCUT2D eigenvalue weighted by Crippen LogP contribution is 2.26. The zero-order valence-electron chi connectivity index (χ0n) is 12.8. The number of rotatable bonds is 9. The number of hydrogen-bond donors (Lipinski definition) is 0. The lowest BCUT2D eigenvalue weighted by Gasteiger charge is -2.11. The van der Waals surface area contributed by atoms with E-state index in [1.807, 2.05) is 0 Å². The molecule has 0 aliphatic carbocycles. The molecule has 108 valence electrons. The highest BCUT2D eigenvalue weighted by Gasteiger charge is 2.05. The highest BCUT2D eigenvalue weighted by molar-refractivity contribution is 9.10. The van der Waals surface area contributed by atoms with Crippen molar-refractivity contribution in [3.05, 3.63) is 33.8 Å². The van der Waals surface area contributed by atoms with Gasteiger partial charge in [-0.05, 0) is 36.0 Å². The first-order valence-electron chi connectivity index (χ1n) is 7.93. The van der Waals surface area contributed by atoms with E-state index in [1.165, 1.54) is 67.0 Å². The minimum Gasteiger partial charge on any atom is -0.0654 e. The zero-order chi connectivity index (χ0) is 14.1. The third-order valence-corrected chi connectivity index (χ3v) is 4.47. The number of aryl methyl sites for hydroxylation is 1. The van der Waals surface area contributed by atoms with Gasteiger partial charge in [0, 0.05) is 4.47 Å². The van der Waals surface area contributed by atoms with E-state index in [4.69, 9.17) is 0 Å². The predicted octanol–water partition coefficient (Wildman–Crippen LogP) is 6.87. The van der Waals surface area contributed by atoms with Gasteiger partial charge in [0.1, 0.15) is 0 Å². The molecule has 0 aliphatic heterocycles. The molecule has 0 aromatic heterocycles. The van der Waals surface area contributed by atoms with Gasteiger partial charge in [-0.1, -0.05) is 87.4 Å². The van der Waals surface area contributed by atoms with Crippen molar-refractivity contribution >= 4 is 15.9 Å². The predicted molar refractivity (Wildman–Crippen MR) is 89.9 cm³/mol. The van der Waals surface area contributed by atoms with Gasteiger partial charge in [-0.2, -0.15) is 0 Å².